The fourth-order valence-electron chi connectivity index (χ4n) is 2.49. The summed E-state index contributed by atoms with van der Waals surface area (Å²) < 4.78 is 16.0. The lowest BCUT2D eigenvalue weighted by Crippen LogP contribution is -2.39. The van der Waals surface area contributed by atoms with Crippen molar-refractivity contribution in [3.63, 3.8) is 0 Å². The first-order valence-corrected chi connectivity index (χ1v) is 8.53. The van der Waals surface area contributed by atoms with Crippen LogP contribution in [0.2, 0.25) is 0 Å². The molecule has 1 aromatic rings. The Morgan fingerprint density at radius 2 is 2.26 bits per heavy atom. The molecule has 0 amide bonds. The Balaban J connectivity index is 1.71. The van der Waals surface area contributed by atoms with Crippen molar-refractivity contribution in [2.45, 2.75) is 38.2 Å². The van der Waals surface area contributed by atoms with Gasteiger partial charge in [-0.1, -0.05) is 0 Å². The molecule has 0 spiro atoms. The second-order valence-electron chi connectivity index (χ2n) is 5.71. The Labute approximate surface area is 138 Å². The molecular formula is C17H29N3O3. The molecule has 130 valence electrons. The summed E-state index contributed by atoms with van der Waals surface area (Å²) in [5.74, 6) is 1.83. The molecule has 23 heavy (non-hydrogen) atoms. The van der Waals surface area contributed by atoms with Crippen molar-refractivity contribution >= 4 is 5.96 Å². The van der Waals surface area contributed by atoms with E-state index in [4.69, 9.17) is 13.9 Å². The van der Waals surface area contributed by atoms with Crippen LogP contribution in [0.5, 0.6) is 0 Å². The van der Waals surface area contributed by atoms with Crippen molar-refractivity contribution in [3.05, 3.63) is 24.2 Å². The number of nitrogens with zero attached hydrogens (tertiary/aromatic N) is 1. The van der Waals surface area contributed by atoms with E-state index in [1.165, 1.54) is 0 Å². The molecule has 0 radical (unpaired) electrons. The van der Waals surface area contributed by atoms with E-state index in [9.17, 15) is 0 Å². The fourth-order valence-corrected chi connectivity index (χ4v) is 2.49. The minimum atomic E-state index is 0.271. The van der Waals surface area contributed by atoms with Crippen LogP contribution in [0.15, 0.2) is 27.8 Å². The van der Waals surface area contributed by atoms with Gasteiger partial charge in [-0.05, 0) is 37.8 Å². The minimum absolute atomic E-state index is 0.271. The lowest BCUT2D eigenvalue weighted by molar-refractivity contribution is 0.117. The van der Waals surface area contributed by atoms with Gasteiger partial charge in [0.1, 0.15) is 5.76 Å². The van der Waals surface area contributed by atoms with Crippen molar-refractivity contribution in [2.24, 2.45) is 4.99 Å². The Bertz CT molecular complexity index is 428. The molecule has 6 heteroatoms. The summed E-state index contributed by atoms with van der Waals surface area (Å²) >= 11 is 0. The summed E-state index contributed by atoms with van der Waals surface area (Å²) in [6.07, 6.45) is 7.18. The van der Waals surface area contributed by atoms with Crippen molar-refractivity contribution in [1.82, 2.24) is 10.6 Å². The standard InChI is InChI=1S/C17H29N3O3/c1-21-11-3-2-9-18-17(20-14-16-7-5-13-23-16)19-10-8-15-6-4-12-22-15/h4,6,12,16H,2-3,5,7-11,13-14H2,1H3,(H2,18,19,20). The van der Waals surface area contributed by atoms with Gasteiger partial charge in [-0.15, -0.1) is 0 Å². The van der Waals surface area contributed by atoms with Crippen LogP contribution >= 0.6 is 0 Å². The van der Waals surface area contributed by atoms with Gasteiger partial charge < -0.3 is 24.5 Å². The third kappa shape index (κ3) is 7.52. The molecule has 0 bridgehead atoms. The van der Waals surface area contributed by atoms with Crippen LogP contribution in [-0.4, -0.2) is 52.0 Å². The number of guanidine groups is 1. The van der Waals surface area contributed by atoms with E-state index >= 15 is 0 Å². The number of rotatable bonds is 10. The van der Waals surface area contributed by atoms with Gasteiger partial charge in [0, 0.05) is 39.8 Å². The van der Waals surface area contributed by atoms with Crippen LogP contribution in [0.3, 0.4) is 0 Å². The number of unbranched alkanes of at least 4 members (excludes halogenated alkanes) is 1. The molecule has 1 atom stereocenters. The van der Waals surface area contributed by atoms with Crippen LogP contribution in [0.4, 0.5) is 0 Å². The maximum absolute atomic E-state index is 5.63. The minimum Gasteiger partial charge on any atom is -0.469 e. The third-order valence-electron chi connectivity index (χ3n) is 3.79. The predicted octanol–water partition coefficient (Wildman–Crippen LogP) is 1.96. The molecule has 2 N–H and O–H groups in total. The molecule has 0 saturated carbocycles. The summed E-state index contributed by atoms with van der Waals surface area (Å²) in [5.41, 5.74) is 0. The molecule has 2 heterocycles. The van der Waals surface area contributed by atoms with Crippen LogP contribution < -0.4 is 10.6 Å². The molecule has 1 aliphatic rings. The Hall–Kier alpha value is -1.53. The lowest BCUT2D eigenvalue weighted by atomic mass is 10.2. The molecule has 0 aliphatic carbocycles. The van der Waals surface area contributed by atoms with E-state index in [2.05, 4.69) is 15.6 Å². The highest BCUT2D eigenvalue weighted by atomic mass is 16.5. The molecule has 1 fully saturated rings. The number of hydrogen-bond acceptors (Lipinski definition) is 4. The van der Waals surface area contributed by atoms with Gasteiger partial charge in [-0.3, -0.25) is 4.99 Å². The van der Waals surface area contributed by atoms with Gasteiger partial charge in [0.05, 0.1) is 18.9 Å². The quantitative estimate of drug-likeness (QED) is 0.391. The number of methoxy groups -OCH3 is 1. The van der Waals surface area contributed by atoms with Crippen LogP contribution in [0, 0.1) is 0 Å². The molecule has 1 aliphatic heterocycles. The van der Waals surface area contributed by atoms with E-state index in [0.717, 1.165) is 70.1 Å². The maximum Gasteiger partial charge on any atom is 0.191 e. The number of ether oxygens (including phenoxy) is 2. The van der Waals surface area contributed by atoms with E-state index in [0.29, 0.717) is 6.54 Å². The van der Waals surface area contributed by atoms with Gasteiger partial charge in [0.2, 0.25) is 0 Å². The summed E-state index contributed by atoms with van der Waals surface area (Å²) in [5, 5.41) is 6.74. The first kappa shape index (κ1) is 17.8. The number of furan rings is 1. The van der Waals surface area contributed by atoms with Gasteiger partial charge in [-0.25, -0.2) is 0 Å². The SMILES string of the molecule is COCCCCNC(=NCC1CCCO1)NCCc1ccco1. The van der Waals surface area contributed by atoms with Crippen molar-refractivity contribution in [1.29, 1.82) is 0 Å². The largest absolute Gasteiger partial charge is 0.469 e. The van der Waals surface area contributed by atoms with Crippen LogP contribution in [0.1, 0.15) is 31.4 Å². The smallest absolute Gasteiger partial charge is 0.191 e. The molecule has 1 saturated heterocycles. The highest BCUT2D eigenvalue weighted by Gasteiger charge is 2.14. The second-order valence-corrected chi connectivity index (χ2v) is 5.71. The topological polar surface area (TPSA) is 68.0 Å². The number of hydrogen-bond donors (Lipinski definition) is 2. The first-order chi connectivity index (χ1) is 11.4. The summed E-state index contributed by atoms with van der Waals surface area (Å²) in [4.78, 5) is 4.65. The second kappa shape index (κ2) is 11.1. The summed E-state index contributed by atoms with van der Waals surface area (Å²) in [6.45, 7) is 4.07. The maximum atomic E-state index is 5.63. The van der Waals surface area contributed by atoms with Gasteiger partial charge in [0.15, 0.2) is 5.96 Å². The predicted molar refractivity (Wildman–Crippen MR) is 90.8 cm³/mol. The zero-order valence-corrected chi connectivity index (χ0v) is 14.1. The van der Waals surface area contributed by atoms with Gasteiger partial charge >= 0.3 is 0 Å². The Morgan fingerprint density at radius 1 is 1.35 bits per heavy atom. The highest BCUT2D eigenvalue weighted by Crippen LogP contribution is 2.11. The molecule has 6 nitrogen and oxygen atoms in total. The highest BCUT2D eigenvalue weighted by molar-refractivity contribution is 5.79. The molecular weight excluding hydrogens is 294 g/mol. The first-order valence-electron chi connectivity index (χ1n) is 8.53. The van der Waals surface area contributed by atoms with Crippen LogP contribution in [-0.2, 0) is 15.9 Å². The molecule has 1 unspecified atom stereocenters. The van der Waals surface area contributed by atoms with E-state index in [1.807, 2.05) is 12.1 Å². The third-order valence-corrected chi connectivity index (χ3v) is 3.79. The molecule has 1 aromatic heterocycles. The summed E-state index contributed by atoms with van der Waals surface area (Å²) in [7, 11) is 1.73. The van der Waals surface area contributed by atoms with Crippen molar-refractivity contribution < 1.29 is 13.9 Å². The lowest BCUT2D eigenvalue weighted by Gasteiger charge is -2.13. The van der Waals surface area contributed by atoms with E-state index in [1.54, 1.807) is 13.4 Å². The van der Waals surface area contributed by atoms with E-state index < -0.39 is 0 Å². The average Bonchev–Trinajstić information content (AvgIpc) is 3.25. The Morgan fingerprint density at radius 3 is 3.00 bits per heavy atom. The fraction of sp³-hybridized carbons (Fsp3) is 0.706. The monoisotopic (exact) mass is 323 g/mol. The normalized spacial score (nSPS) is 18.3. The zero-order chi connectivity index (χ0) is 16.2. The number of aliphatic imine (C=N–C) groups is 1. The van der Waals surface area contributed by atoms with E-state index in [-0.39, 0.29) is 6.10 Å². The Kier molecular flexibility index (Phi) is 8.58. The summed E-state index contributed by atoms with van der Waals surface area (Å²) in [6, 6.07) is 3.90. The van der Waals surface area contributed by atoms with Gasteiger partial charge in [-0.2, -0.15) is 0 Å². The van der Waals surface area contributed by atoms with Crippen LogP contribution in [0.25, 0.3) is 0 Å². The number of nitrogens with one attached hydrogen (secondary N) is 2. The molecule has 0 aromatic carbocycles. The molecule has 2 rings (SSSR count). The average molecular weight is 323 g/mol. The zero-order valence-electron chi connectivity index (χ0n) is 14.1. The van der Waals surface area contributed by atoms with Gasteiger partial charge in [0.25, 0.3) is 0 Å². The van der Waals surface area contributed by atoms with Crippen molar-refractivity contribution in [2.75, 3.05) is 40.0 Å². The van der Waals surface area contributed by atoms with Crippen molar-refractivity contribution in [3.8, 4) is 0 Å².